The van der Waals surface area contributed by atoms with Crippen LogP contribution in [0.2, 0.25) is 0 Å². The molecular weight excluding hydrogens is 444 g/mol. The number of anilines is 1. The van der Waals surface area contributed by atoms with Gasteiger partial charge in [0.2, 0.25) is 21.8 Å². The van der Waals surface area contributed by atoms with Gasteiger partial charge in [0.05, 0.1) is 16.6 Å². The highest BCUT2D eigenvalue weighted by atomic mass is 32.2. The van der Waals surface area contributed by atoms with Gasteiger partial charge in [-0.3, -0.25) is 9.59 Å². The van der Waals surface area contributed by atoms with Crippen LogP contribution in [0.1, 0.15) is 30.8 Å². The summed E-state index contributed by atoms with van der Waals surface area (Å²) in [7, 11) is -3.92. The monoisotopic (exact) mass is 470 g/mol. The highest BCUT2D eigenvalue weighted by Crippen LogP contribution is 2.15. The second-order valence-corrected chi connectivity index (χ2v) is 9.34. The Morgan fingerprint density at radius 1 is 1.09 bits per heavy atom. The first-order valence-corrected chi connectivity index (χ1v) is 11.7. The molecule has 1 aromatic carbocycles. The lowest BCUT2D eigenvalue weighted by Gasteiger charge is -2.15. The average Bonchev–Trinajstić information content (AvgIpc) is 3.10. The maximum absolute atomic E-state index is 12.6. The number of pyridine rings is 1. The van der Waals surface area contributed by atoms with Crippen molar-refractivity contribution in [3.63, 3.8) is 0 Å². The van der Waals surface area contributed by atoms with Crippen molar-refractivity contribution >= 4 is 27.5 Å². The molecule has 2 heterocycles. The molecule has 0 spiro atoms. The molecule has 0 fully saturated rings. The Morgan fingerprint density at radius 2 is 1.79 bits per heavy atom. The summed E-state index contributed by atoms with van der Waals surface area (Å²) in [5.74, 6) is -0.0668. The summed E-state index contributed by atoms with van der Waals surface area (Å²) in [5, 5.41) is 9.65. The molecule has 0 aliphatic carbocycles. The number of sulfonamides is 1. The largest absolute Gasteiger partial charge is 0.351 e. The third-order valence-corrected chi connectivity index (χ3v) is 6.27. The van der Waals surface area contributed by atoms with Gasteiger partial charge in [-0.1, -0.05) is 6.07 Å². The fraction of sp³-hybridized carbons (Fsp3) is 0.273. The molecule has 0 unspecified atom stereocenters. The second-order valence-electron chi connectivity index (χ2n) is 7.63. The Hall–Kier alpha value is -3.57. The Morgan fingerprint density at radius 3 is 2.33 bits per heavy atom. The van der Waals surface area contributed by atoms with Crippen LogP contribution in [-0.2, 0) is 26.2 Å². The molecule has 10 nitrogen and oxygen atoms in total. The molecule has 1 atom stereocenters. The molecule has 3 aromatic rings. The molecule has 2 aromatic heterocycles. The smallest absolute Gasteiger partial charge is 0.241 e. The van der Waals surface area contributed by atoms with Gasteiger partial charge >= 0.3 is 0 Å². The number of hydrogen-bond acceptors (Lipinski definition) is 6. The van der Waals surface area contributed by atoms with Gasteiger partial charge in [-0.2, -0.15) is 9.82 Å². The summed E-state index contributed by atoms with van der Waals surface area (Å²) in [6.45, 7) is 6.86. The minimum absolute atomic E-state index is 0.0137. The molecule has 0 saturated heterocycles. The fourth-order valence-corrected chi connectivity index (χ4v) is 4.33. The molecule has 0 bridgehead atoms. The SMILES string of the molecule is CC(=O)Nc1ccc(S(=O)(=O)N[C@@H](C)C(=O)NCc2ccc(-n3nc(C)cc3C)nc2)cc1. The molecule has 3 rings (SSSR count). The average molecular weight is 471 g/mol. The van der Waals surface area contributed by atoms with E-state index < -0.39 is 22.0 Å². The number of benzene rings is 1. The van der Waals surface area contributed by atoms with Crippen LogP contribution in [-0.4, -0.2) is 41.0 Å². The van der Waals surface area contributed by atoms with E-state index in [-0.39, 0.29) is 17.3 Å². The van der Waals surface area contributed by atoms with Crippen molar-refractivity contribution in [2.75, 3.05) is 5.32 Å². The maximum Gasteiger partial charge on any atom is 0.241 e. The van der Waals surface area contributed by atoms with E-state index >= 15 is 0 Å². The first-order valence-electron chi connectivity index (χ1n) is 10.2. The predicted octanol–water partition coefficient (Wildman–Crippen LogP) is 1.83. The van der Waals surface area contributed by atoms with E-state index in [1.54, 1.807) is 16.9 Å². The highest BCUT2D eigenvalue weighted by Gasteiger charge is 2.22. The minimum atomic E-state index is -3.92. The van der Waals surface area contributed by atoms with Crippen molar-refractivity contribution < 1.29 is 18.0 Å². The quantitative estimate of drug-likeness (QED) is 0.460. The molecule has 174 valence electrons. The standard InChI is InChI=1S/C22H26N6O4S/c1-14-11-15(2)28(26-14)21-10-5-18(12-23-21)13-24-22(30)16(3)27-33(31,32)20-8-6-19(7-9-20)25-17(4)29/h5-12,16,27H,13H2,1-4H3,(H,24,30)(H,25,29)/t16-/m0/s1. The molecule has 2 amide bonds. The molecule has 33 heavy (non-hydrogen) atoms. The van der Waals surface area contributed by atoms with Gasteiger partial charge in [-0.15, -0.1) is 0 Å². The Labute approximate surface area is 192 Å². The molecule has 0 aliphatic rings. The van der Waals surface area contributed by atoms with Crippen molar-refractivity contribution in [2.45, 2.75) is 45.2 Å². The van der Waals surface area contributed by atoms with E-state index in [4.69, 9.17) is 0 Å². The zero-order valence-electron chi connectivity index (χ0n) is 18.8. The molecule has 0 saturated carbocycles. The second kappa shape index (κ2) is 9.92. The van der Waals surface area contributed by atoms with Gasteiger partial charge in [-0.25, -0.2) is 18.1 Å². The number of nitrogens with zero attached hydrogens (tertiary/aromatic N) is 3. The van der Waals surface area contributed by atoms with Crippen LogP contribution in [0.25, 0.3) is 5.82 Å². The van der Waals surface area contributed by atoms with E-state index in [1.165, 1.54) is 38.1 Å². The van der Waals surface area contributed by atoms with Gasteiger partial charge in [0, 0.05) is 31.0 Å². The van der Waals surface area contributed by atoms with Gasteiger partial charge in [-0.05, 0) is 62.7 Å². The predicted molar refractivity (Wildman–Crippen MR) is 123 cm³/mol. The lowest BCUT2D eigenvalue weighted by Crippen LogP contribution is -2.44. The van der Waals surface area contributed by atoms with Crippen LogP contribution < -0.4 is 15.4 Å². The van der Waals surface area contributed by atoms with E-state index in [1.807, 2.05) is 26.0 Å². The van der Waals surface area contributed by atoms with Crippen LogP contribution in [0.3, 0.4) is 0 Å². The van der Waals surface area contributed by atoms with Crippen molar-refractivity contribution in [3.8, 4) is 5.82 Å². The normalized spacial score (nSPS) is 12.2. The zero-order chi connectivity index (χ0) is 24.2. The summed E-state index contributed by atoms with van der Waals surface area (Å²) < 4.78 is 29.2. The van der Waals surface area contributed by atoms with Crippen LogP contribution in [0.15, 0.2) is 53.6 Å². The Balaban J connectivity index is 1.56. The number of aromatic nitrogens is 3. The topological polar surface area (TPSA) is 135 Å². The third kappa shape index (κ3) is 6.24. The molecule has 11 heteroatoms. The summed E-state index contributed by atoms with van der Waals surface area (Å²) in [6, 6.07) is 10.2. The number of carbonyl (C=O) groups excluding carboxylic acids is 2. The van der Waals surface area contributed by atoms with Crippen molar-refractivity contribution in [1.29, 1.82) is 0 Å². The minimum Gasteiger partial charge on any atom is -0.351 e. The third-order valence-electron chi connectivity index (χ3n) is 4.71. The van der Waals surface area contributed by atoms with Gasteiger partial charge < -0.3 is 10.6 Å². The summed E-state index contributed by atoms with van der Waals surface area (Å²) in [6.07, 6.45) is 1.64. The van der Waals surface area contributed by atoms with Gasteiger partial charge in [0.1, 0.15) is 0 Å². The summed E-state index contributed by atoms with van der Waals surface area (Å²) in [5.41, 5.74) is 3.10. The highest BCUT2D eigenvalue weighted by molar-refractivity contribution is 7.89. The number of carbonyl (C=O) groups is 2. The lowest BCUT2D eigenvalue weighted by molar-refractivity contribution is -0.122. The zero-order valence-corrected chi connectivity index (χ0v) is 19.6. The van der Waals surface area contributed by atoms with E-state index in [0.29, 0.717) is 11.5 Å². The summed E-state index contributed by atoms with van der Waals surface area (Å²) in [4.78, 5) is 27.9. The van der Waals surface area contributed by atoms with Gasteiger partial charge in [0.25, 0.3) is 0 Å². The first kappa shape index (κ1) is 24.1. The Kier molecular flexibility index (Phi) is 7.24. The molecular formula is C22H26N6O4S. The van der Waals surface area contributed by atoms with Crippen molar-refractivity contribution in [1.82, 2.24) is 24.8 Å². The summed E-state index contributed by atoms with van der Waals surface area (Å²) >= 11 is 0. The number of hydrogen-bond donors (Lipinski definition) is 3. The maximum atomic E-state index is 12.6. The van der Waals surface area contributed by atoms with Crippen LogP contribution in [0.4, 0.5) is 5.69 Å². The first-order chi connectivity index (χ1) is 15.5. The number of nitrogens with one attached hydrogen (secondary N) is 3. The van der Waals surface area contributed by atoms with E-state index in [9.17, 15) is 18.0 Å². The number of aryl methyl sites for hydroxylation is 2. The number of amides is 2. The molecule has 0 aliphatic heterocycles. The van der Waals surface area contributed by atoms with Crippen molar-refractivity contribution in [2.24, 2.45) is 0 Å². The van der Waals surface area contributed by atoms with E-state index in [2.05, 4.69) is 25.4 Å². The van der Waals surface area contributed by atoms with Crippen LogP contribution in [0, 0.1) is 13.8 Å². The van der Waals surface area contributed by atoms with Crippen molar-refractivity contribution in [3.05, 3.63) is 65.6 Å². The van der Waals surface area contributed by atoms with E-state index in [0.717, 1.165) is 17.0 Å². The molecule has 0 radical (unpaired) electrons. The van der Waals surface area contributed by atoms with Crippen LogP contribution >= 0.6 is 0 Å². The van der Waals surface area contributed by atoms with Gasteiger partial charge in [0.15, 0.2) is 5.82 Å². The number of rotatable bonds is 8. The Bertz CT molecular complexity index is 1250. The molecule has 3 N–H and O–H groups in total. The lowest BCUT2D eigenvalue weighted by atomic mass is 10.2. The van der Waals surface area contributed by atoms with Crippen LogP contribution in [0.5, 0.6) is 0 Å². The fourth-order valence-electron chi connectivity index (χ4n) is 3.12.